The first-order valence-electron chi connectivity index (χ1n) is 6.53. The van der Waals surface area contributed by atoms with Crippen molar-refractivity contribution in [3.63, 3.8) is 0 Å². The summed E-state index contributed by atoms with van der Waals surface area (Å²) in [6, 6.07) is 2.17. The molecule has 1 saturated heterocycles. The molecule has 0 spiro atoms. The minimum Gasteiger partial charge on any atom is -0.353 e. The number of aromatic nitrogens is 2. The monoisotopic (exact) mass is 294 g/mol. The lowest BCUT2D eigenvalue weighted by Crippen LogP contribution is -2.45. The highest BCUT2D eigenvalue weighted by Gasteiger charge is 2.25. The number of hydrogen-bond acceptors (Lipinski definition) is 5. The molecule has 108 valence electrons. The van der Waals surface area contributed by atoms with E-state index >= 15 is 0 Å². The molecule has 1 aliphatic heterocycles. The van der Waals surface area contributed by atoms with E-state index in [1.54, 1.807) is 7.05 Å². The summed E-state index contributed by atoms with van der Waals surface area (Å²) in [5, 5.41) is 9.32. The molecule has 7 heteroatoms. The quantitative estimate of drug-likeness (QED) is 0.744. The van der Waals surface area contributed by atoms with E-state index in [1.807, 2.05) is 22.7 Å². The summed E-state index contributed by atoms with van der Waals surface area (Å²) in [6.07, 6.45) is 0.971. The fourth-order valence-electron chi connectivity index (χ4n) is 2.48. The molecule has 0 N–H and O–H groups in total. The Bertz CT molecular complexity index is 671. The molecular weight excluding hydrogens is 276 g/mol. The largest absolute Gasteiger partial charge is 0.353 e. The fourth-order valence-corrected chi connectivity index (χ4v) is 3.52. The zero-order valence-corrected chi connectivity index (χ0v) is 12.7. The van der Waals surface area contributed by atoms with Crippen molar-refractivity contribution in [3.05, 3.63) is 26.4 Å². The maximum Gasteiger partial charge on any atom is 0.332 e. The molecule has 2 heterocycles. The van der Waals surface area contributed by atoms with Crippen LogP contribution in [-0.4, -0.2) is 33.2 Å². The average Bonchev–Trinajstić information content (AvgIpc) is 2.65. The van der Waals surface area contributed by atoms with E-state index in [0.29, 0.717) is 5.82 Å². The number of anilines is 1. The van der Waals surface area contributed by atoms with Gasteiger partial charge in [0.2, 0.25) is 0 Å². The second-order valence-electron chi connectivity index (χ2n) is 4.96. The predicted octanol–water partition coefficient (Wildman–Crippen LogP) is 0.287. The molecule has 0 bridgehead atoms. The molecule has 0 saturated carbocycles. The molecule has 1 aliphatic rings. The van der Waals surface area contributed by atoms with Crippen LogP contribution in [0.15, 0.2) is 9.59 Å². The van der Waals surface area contributed by atoms with Crippen LogP contribution in [0, 0.1) is 11.3 Å². The molecule has 0 aromatic carbocycles. The molecule has 1 atom stereocenters. The number of rotatable bonds is 1. The van der Waals surface area contributed by atoms with Gasteiger partial charge in [0.05, 0.1) is 0 Å². The van der Waals surface area contributed by atoms with Crippen molar-refractivity contribution in [1.29, 1.82) is 5.26 Å². The van der Waals surface area contributed by atoms with Crippen molar-refractivity contribution in [2.45, 2.75) is 19.4 Å². The second-order valence-corrected chi connectivity index (χ2v) is 6.18. The summed E-state index contributed by atoms with van der Waals surface area (Å²) < 4.78 is 2.39. The maximum atomic E-state index is 12.1. The fraction of sp³-hybridized carbons (Fsp3) is 0.615. The number of thioether (sulfide) groups is 1. The Morgan fingerprint density at radius 1 is 1.25 bits per heavy atom. The van der Waals surface area contributed by atoms with Gasteiger partial charge in [0.15, 0.2) is 5.56 Å². The van der Waals surface area contributed by atoms with E-state index in [9.17, 15) is 14.9 Å². The number of nitriles is 1. The van der Waals surface area contributed by atoms with Crippen LogP contribution in [0.25, 0.3) is 0 Å². The van der Waals surface area contributed by atoms with Crippen LogP contribution in [0.5, 0.6) is 0 Å². The van der Waals surface area contributed by atoms with Crippen LogP contribution in [0.3, 0.4) is 0 Å². The van der Waals surface area contributed by atoms with Gasteiger partial charge in [-0.25, -0.2) is 4.79 Å². The summed E-state index contributed by atoms with van der Waals surface area (Å²) in [5.74, 6) is 2.44. The van der Waals surface area contributed by atoms with Gasteiger partial charge in [0.1, 0.15) is 11.9 Å². The predicted molar refractivity (Wildman–Crippen MR) is 80.4 cm³/mol. The normalized spacial score (nSPS) is 19.5. The van der Waals surface area contributed by atoms with Crippen molar-refractivity contribution < 1.29 is 0 Å². The highest BCUT2D eigenvalue weighted by molar-refractivity contribution is 7.99. The van der Waals surface area contributed by atoms with Gasteiger partial charge >= 0.3 is 5.69 Å². The third-order valence-corrected chi connectivity index (χ3v) is 4.70. The standard InChI is InChI=1S/C13H18N4O2S/c1-9-4-6-20-7-5-17(9)11-10(8-14)12(18)16(3)13(19)15(11)2/h9H,4-7H2,1-3H3. The van der Waals surface area contributed by atoms with Gasteiger partial charge in [0, 0.05) is 32.4 Å². The van der Waals surface area contributed by atoms with Crippen molar-refractivity contribution in [2.24, 2.45) is 14.1 Å². The summed E-state index contributed by atoms with van der Waals surface area (Å²) in [6.45, 7) is 2.80. The minimum absolute atomic E-state index is 0.0494. The average molecular weight is 294 g/mol. The summed E-state index contributed by atoms with van der Waals surface area (Å²) in [7, 11) is 3.01. The highest BCUT2D eigenvalue weighted by Crippen LogP contribution is 2.23. The van der Waals surface area contributed by atoms with E-state index in [2.05, 4.69) is 6.92 Å². The zero-order valence-electron chi connectivity index (χ0n) is 11.9. The molecule has 1 fully saturated rings. The molecular formula is C13H18N4O2S. The van der Waals surface area contributed by atoms with Gasteiger partial charge < -0.3 is 4.90 Å². The molecule has 0 radical (unpaired) electrons. The Kier molecular flexibility index (Phi) is 4.23. The van der Waals surface area contributed by atoms with Crippen LogP contribution < -0.4 is 16.1 Å². The summed E-state index contributed by atoms with van der Waals surface area (Å²) >= 11 is 1.85. The molecule has 1 aromatic rings. The van der Waals surface area contributed by atoms with Crippen LogP contribution in [0.1, 0.15) is 18.9 Å². The smallest absolute Gasteiger partial charge is 0.332 e. The zero-order chi connectivity index (χ0) is 14.9. The van der Waals surface area contributed by atoms with E-state index in [0.717, 1.165) is 29.0 Å². The summed E-state index contributed by atoms with van der Waals surface area (Å²) in [5.41, 5.74) is -0.865. The van der Waals surface area contributed by atoms with E-state index in [-0.39, 0.29) is 11.6 Å². The van der Waals surface area contributed by atoms with Crippen LogP contribution in [0.2, 0.25) is 0 Å². The Morgan fingerprint density at radius 3 is 2.60 bits per heavy atom. The first kappa shape index (κ1) is 14.7. The third kappa shape index (κ3) is 2.36. The molecule has 0 aliphatic carbocycles. The Labute approximate surface area is 121 Å². The van der Waals surface area contributed by atoms with Crippen molar-refractivity contribution in [2.75, 3.05) is 23.0 Å². The van der Waals surface area contributed by atoms with E-state index in [1.165, 1.54) is 11.6 Å². The first-order chi connectivity index (χ1) is 9.49. The molecule has 1 unspecified atom stereocenters. The third-order valence-electron chi connectivity index (χ3n) is 3.71. The summed E-state index contributed by atoms with van der Waals surface area (Å²) in [4.78, 5) is 26.2. The molecule has 6 nitrogen and oxygen atoms in total. The van der Waals surface area contributed by atoms with Crippen LogP contribution in [-0.2, 0) is 14.1 Å². The molecule has 2 rings (SSSR count). The Hall–Kier alpha value is -1.68. The van der Waals surface area contributed by atoms with Gasteiger partial charge in [-0.1, -0.05) is 0 Å². The number of hydrogen-bond donors (Lipinski definition) is 0. The maximum absolute atomic E-state index is 12.1. The van der Waals surface area contributed by atoms with Crippen molar-refractivity contribution in [1.82, 2.24) is 9.13 Å². The lowest BCUT2D eigenvalue weighted by Gasteiger charge is -2.31. The SMILES string of the molecule is CC1CCSCCN1c1c(C#N)c(=O)n(C)c(=O)n1C. The lowest BCUT2D eigenvalue weighted by atomic mass is 10.2. The lowest BCUT2D eigenvalue weighted by molar-refractivity contribution is 0.597. The van der Waals surface area contributed by atoms with Gasteiger partial charge in [-0.2, -0.15) is 17.0 Å². The van der Waals surface area contributed by atoms with Crippen molar-refractivity contribution in [3.8, 4) is 6.07 Å². The van der Waals surface area contributed by atoms with Gasteiger partial charge in [-0.3, -0.25) is 13.9 Å². The highest BCUT2D eigenvalue weighted by atomic mass is 32.2. The molecule has 0 amide bonds. The second kappa shape index (κ2) is 5.75. The van der Waals surface area contributed by atoms with Gasteiger partial charge in [-0.15, -0.1) is 0 Å². The van der Waals surface area contributed by atoms with E-state index < -0.39 is 11.2 Å². The topological polar surface area (TPSA) is 71.0 Å². The molecule has 1 aromatic heterocycles. The van der Waals surface area contributed by atoms with Crippen LogP contribution >= 0.6 is 11.8 Å². The molecule has 20 heavy (non-hydrogen) atoms. The minimum atomic E-state index is -0.519. The van der Waals surface area contributed by atoms with Crippen LogP contribution in [0.4, 0.5) is 5.82 Å². The Balaban J connectivity index is 2.70. The van der Waals surface area contributed by atoms with Crippen molar-refractivity contribution >= 4 is 17.6 Å². The van der Waals surface area contributed by atoms with E-state index in [4.69, 9.17) is 0 Å². The Morgan fingerprint density at radius 2 is 1.95 bits per heavy atom. The number of nitrogens with zero attached hydrogens (tertiary/aromatic N) is 4. The first-order valence-corrected chi connectivity index (χ1v) is 7.69. The van der Waals surface area contributed by atoms with Gasteiger partial charge in [-0.05, 0) is 19.1 Å². The van der Waals surface area contributed by atoms with Gasteiger partial charge in [0.25, 0.3) is 5.56 Å².